The first-order valence-corrected chi connectivity index (χ1v) is 3.07. The topological polar surface area (TPSA) is 48.1 Å². The first kappa shape index (κ1) is 7.15. The Labute approximate surface area is 63.8 Å². The van der Waals surface area contributed by atoms with Crippen LogP contribution in [0.1, 0.15) is 0 Å². The normalized spacial score (nSPS) is 9.40. The lowest BCUT2D eigenvalue weighted by atomic mass is 10.4. The average molecular weight is 159 g/mol. The van der Waals surface area contributed by atoms with Gasteiger partial charge in [-0.25, -0.2) is 4.98 Å². The van der Waals surface area contributed by atoms with Crippen molar-refractivity contribution in [2.45, 2.75) is 0 Å². The van der Waals surface area contributed by atoms with Gasteiger partial charge in [-0.05, 0) is 0 Å². The van der Waals surface area contributed by atoms with Crippen molar-refractivity contribution in [3.05, 3.63) is 17.3 Å². The molecule has 0 aliphatic heterocycles. The number of aromatic nitrogens is 1. The first-order valence-electron chi connectivity index (χ1n) is 2.69. The van der Waals surface area contributed by atoms with Crippen molar-refractivity contribution in [3.63, 3.8) is 0 Å². The molecule has 3 nitrogen and oxygen atoms in total. The van der Waals surface area contributed by atoms with Gasteiger partial charge in [-0.15, -0.1) is 0 Å². The van der Waals surface area contributed by atoms with Gasteiger partial charge < -0.3 is 10.5 Å². The molecule has 1 rings (SSSR count). The number of halogens is 1. The second-order valence-electron chi connectivity index (χ2n) is 1.75. The second-order valence-corrected chi connectivity index (χ2v) is 2.14. The number of nitrogen functional groups attached to an aromatic ring is 1. The molecule has 0 radical (unpaired) electrons. The zero-order chi connectivity index (χ0) is 7.56. The van der Waals surface area contributed by atoms with Gasteiger partial charge in [0, 0.05) is 12.1 Å². The summed E-state index contributed by atoms with van der Waals surface area (Å²) in [6, 6.07) is 3.20. The van der Waals surface area contributed by atoms with Crippen LogP contribution in [0.25, 0.3) is 0 Å². The molecular formula is C6H7ClN2O. The number of rotatable bonds is 1. The number of anilines is 1. The molecule has 0 unspecified atom stereocenters. The van der Waals surface area contributed by atoms with E-state index in [-0.39, 0.29) is 0 Å². The summed E-state index contributed by atoms with van der Waals surface area (Å²) in [6.07, 6.45) is 0. The maximum Gasteiger partial charge on any atom is 0.135 e. The molecule has 1 heterocycles. The van der Waals surface area contributed by atoms with Gasteiger partial charge in [-0.1, -0.05) is 11.6 Å². The van der Waals surface area contributed by atoms with Crippen LogP contribution in [-0.2, 0) is 0 Å². The largest absolute Gasteiger partial charge is 0.497 e. The molecule has 0 aliphatic rings. The molecule has 10 heavy (non-hydrogen) atoms. The molecule has 0 atom stereocenters. The predicted molar refractivity (Wildman–Crippen MR) is 40.2 cm³/mol. The Morgan fingerprint density at radius 1 is 1.60 bits per heavy atom. The van der Waals surface area contributed by atoms with Crippen molar-refractivity contribution in [2.24, 2.45) is 0 Å². The summed E-state index contributed by atoms with van der Waals surface area (Å²) in [5.41, 5.74) is 5.36. The Morgan fingerprint density at radius 3 is 2.80 bits per heavy atom. The van der Waals surface area contributed by atoms with Crippen LogP contribution in [0.5, 0.6) is 5.75 Å². The van der Waals surface area contributed by atoms with Crippen LogP contribution in [-0.4, -0.2) is 12.1 Å². The van der Waals surface area contributed by atoms with E-state index < -0.39 is 0 Å². The highest BCUT2D eigenvalue weighted by Gasteiger charge is 1.95. The summed E-state index contributed by atoms with van der Waals surface area (Å²) in [4.78, 5) is 3.75. The zero-order valence-electron chi connectivity index (χ0n) is 5.47. The predicted octanol–water partition coefficient (Wildman–Crippen LogP) is 1.33. The highest BCUT2D eigenvalue weighted by atomic mass is 35.5. The molecule has 4 heteroatoms. The second kappa shape index (κ2) is 2.75. The monoisotopic (exact) mass is 158 g/mol. The summed E-state index contributed by atoms with van der Waals surface area (Å²) >= 11 is 5.56. The molecule has 0 saturated carbocycles. The summed E-state index contributed by atoms with van der Waals surface area (Å²) < 4.78 is 4.87. The fourth-order valence-corrected chi connectivity index (χ4v) is 0.816. The van der Waals surface area contributed by atoms with E-state index in [2.05, 4.69) is 4.98 Å². The third kappa shape index (κ3) is 1.51. The lowest BCUT2D eigenvalue weighted by Crippen LogP contribution is -1.91. The van der Waals surface area contributed by atoms with Crippen LogP contribution >= 0.6 is 11.6 Å². The summed E-state index contributed by atoms with van der Waals surface area (Å²) in [7, 11) is 1.55. The SMILES string of the molecule is COc1cc(N)nc(Cl)c1. The molecule has 54 valence electrons. The number of pyridine rings is 1. The molecule has 0 aromatic carbocycles. The molecule has 0 aliphatic carbocycles. The Balaban J connectivity index is 3.06. The maximum absolute atomic E-state index is 5.56. The standard InChI is InChI=1S/C6H7ClN2O/c1-10-4-2-5(7)9-6(8)3-4/h2-3H,1H3,(H2,8,9). The third-order valence-corrected chi connectivity index (χ3v) is 1.22. The highest BCUT2D eigenvalue weighted by molar-refractivity contribution is 6.29. The van der Waals surface area contributed by atoms with E-state index in [1.165, 1.54) is 0 Å². The van der Waals surface area contributed by atoms with E-state index in [0.29, 0.717) is 16.7 Å². The van der Waals surface area contributed by atoms with Crippen LogP contribution in [0.15, 0.2) is 12.1 Å². The van der Waals surface area contributed by atoms with Crippen molar-refractivity contribution in [3.8, 4) is 5.75 Å². The van der Waals surface area contributed by atoms with Crippen LogP contribution in [0.3, 0.4) is 0 Å². The summed E-state index contributed by atoms with van der Waals surface area (Å²) in [6.45, 7) is 0. The van der Waals surface area contributed by atoms with Crippen LogP contribution < -0.4 is 10.5 Å². The van der Waals surface area contributed by atoms with Crippen molar-refractivity contribution in [2.75, 3.05) is 12.8 Å². The lowest BCUT2D eigenvalue weighted by Gasteiger charge is -1.99. The number of hydrogen-bond acceptors (Lipinski definition) is 3. The van der Waals surface area contributed by atoms with E-state index in [4.69, 9.17) is 22.1 Å². The highest BCUT2D eigenvalue weighted by Crippen LogP contribution is 2.17. The Bertz CT molecular complexity index is 219. The third-order valence-electron chi connectivity index (χ3n) is 1.02. The molecule has 0 fully saturated rings. The lowest BCUT2D eigenvalue weighted by molar-refractivity contribution is 0.414. The molecule has 0 saturated heterocycles. The number of ether oxygens (including phenoxy) is 1. The summed E-state index contributed by atoms with van der Waals surface area (Å²) in [5.74, 6) is 0.988. The van der Waals surface area contributed by atoms with Crippen molar-refractivity contribution in [1.82, 2.24) is 4.98 Å². The van der Waals surface area contributed by atoms with Crippen LogP contribution in [0, 0.1) is 0 Å². The Kier molecular flexibility index (Phi) is 1.97. The smallest absolute Gasteiger partial charge is 0.135 e. The molecule has 0 spiro atoms. The Hall–Kier alpha value is -0.960. The number of nitrogens with two attached hydrogens (primary N) is 1. The molecule has 2 N–H and O–H groups in total. The minimum Gasteiger partial charge on any atom is -0.497 e. The number of methoxy groups -OCH3 is 1. The van der Waals surface area contributed by atoms with Gasteiger partial charge in [0.05, 0.1) is 7.11 Å². The van der Waals surface area contributed by atoms with Gasteiger partial charge in [0.2, 0.25) is 0 Å². The van der Waals surface area contributed by atoms with Gasteiger partial charge >= 0.3 is 0 Å². The molecule has 0 amide bonds. The van der Waals surface area contributed by atoms with Gasteiger partial charge in [-0.3, -0.25) is 0 Å². The number of nitrogens with zero attached hydrogens (tertiary/aromatic N) is 1. The Morgan fingerprint density at radius 2 is 2.30 bits per heavy atom. The quantitative estimate of drug-likeness (QED) is 0.628. The van der Waals surface area contributed by atoms with E-state index >= 15 is 0 Å². The molecule has 1 aromatic heterocycles. The van der Waals surface area contributed by atoms with Gasteiger partial charge in [-0.2, -0.15) is 0 Å². The average Bonchev–Trinajstić information content (AvgIpc) is 1.85. The molecular weight excluding hydrogens is 152 g/mol. The number of hydrogen-bond donors (Lipinski definition) is 1. The maximum atomic E-state index is 5.56. The van der Waals surface area contributed by atoms with E-state index in [9.17, 15) is 0 Å². The molecule has 1 aromatic rings. The fraction of sp³-hybridized carbons (Fsp3) is 0.167. The van der Waals surface area contributed by atoms with E-state index in [1.54, 1.807) is 19.2 Å². The van der Waals surface area contributed by atoms with E-state index in [1.807, 2.05) is 0 Å². The van der Waals surface area contributed by atoms with Gasteiger partial charge in [0.15, 0.2) is 0 Å². The van der Waals surface area contributed by atoms with Gasteiger partial charge in [0.25, 0.3) is 0 Å². The first-order chi connectivity index (χ1) is 4.72. The van der Waals surface area contributed by atoms with Crippen LogP contribution in [0.4, 0.5) is 5.82 Å². The minimum atomic E-state index is 0.344. The fourth-order valence-electron chi connectivity index (χ4n) is 0.611. The van der Waals surface area contributed by atoms with Crippen molar-refractivity contribution >= 4 is 17.4 Å². The minimum absolute atomic E-state index is 0.344. The van der Waals surface area contributed by atoms with E-state index in [0.717, 1.165) is 0 Å². The van der Waals surface area contributed by atoms with Crippen molar-refractivity contribution < 1.29 is 4.74 Å². The van der Waals surface area contributed by atoms with Crippen molar-refractivity contribution in [1.29, 1.82) is 0 Å². The molecule has 0 bridgehead atoms. The summed E-state index contributed by atoms with van der Waals surface area (Å²) in [5, 5.41) is 0.344. The van der Waals surface area contributed by atoms with Gasteiger partial charge in [0.1, 0.15) is 16.7 Å². The zero-order valence-corrected chi connectivity index (χ0v) is 6.22. The van der Waals surface area contributed by atoms with Crippen LogP contribution in [0.2, 0.25) is 5.15 Å².